The maximum absolute atomic E-state index is 9.55. The van der Waals surface area contributed by atoms with Crippen LogP contribution in [-0.2, 0) is 9.59 Å². The number of hydrogen-bond donors (Lipinski definition) is 3. The van der Waals surface area contributed by atoms with Crippen molar-refractivity contribution in [1.82, 2.24) is 5.32 Å². The summed E-state index contributed by atoms with van der Waals surface area (Å²) in [6.07, 6.45) is 1.12. The summed E-state index contributed by atoms with van der Waals surface area (Å²) in [5, 5.41) is 18.8. The van der Waals surface area contributed by atoms with E-state index in [9.17, 15) is 9.59 Å². The third kappa shape index (κ3) is 11.0. The second kappa shape index (κ2) is 7.63. The third-order valence-electron chi connectivity index (χ3n) is 0.996. The predicted octanol–water partition coefficient (Wildman–Crippen LogP) is -0.00790. The number of thioether (sulfide) groups is 1. The Hall–Kier alpha value is -1.01. The maximum atomic E-state index is 9.55. The minimum absolute atomic E-state index is 0.558. The first-order chi connectivity index (χ1) is 6.13. The summed E-state index contributed by atoms with van der Waals surface area (Å²) in [7, 11) is 0. The smallest absolute Gasteiger partial charge is 0.328 e. The van der Waals surface area contributed by atoms with Gasteiger partial charge >= 0.3 is 11.9 Å². The van der Waals surface area contributed by atoms with Crippen molar-refractivity contribution < 1.29 is 19.8 Å². The number of carbonyl (C=O) groups is 2. The van der Waals surface area contributed by atoms with Gasteiger partial charge in [0.25, 0.3) is 0 Å². The number of rotatable bonds is 2. The minimum atomic E-state index is -1.26. The van der Waals surface area contributed by atoms with E-state index in [0.29, 0.717) is 12.2 Å². The molecule has 0 aromatic heterocycles. The van der Waals surface area contributed by atoms with Crippen LogP contribution in [0.15, 0.2) is 12.2 Å². The van der Waals surface area contributed by atoms with E-state index in [4.69, 9.17) is 10.2 Å². The molecule has 1 fully saturated rings. The average Bonchev–Trinajstić information content (AvgIpc) is 2.57. The van der Waals surface area contributed by atoms with Crippen LogP contribution in [0.5, 0.6) is 0 Å². The van der Waals surface area contributed by atoms with E-state index in [1.54, 1.807) is 0 Å². The molecule has 0 aliphatic carbocycles. The Balaban J connectivity index is 0.000000243. The Bertz CT molecular complexity index is 177. The summed E-state index contributed by atoms with van der Waals surface area (Å²) in [6.45, 7) is 1.21. The fourth-order valence-electron chi connectivity index (χ4n) is 0.503. The van der Waals surface area contributed by atoms with Crippen molar-refractivity contribution in [2.24, 2.45) is 0 Å². The standard InChI is InChI=1S/C4H4O4.C3H7NS/c5-3(6)1-2-4(7)8;1-2-5-3-4-1/h1-2H,(H,5,6)(H,7,8);4H,1-3H2. The lowest BCUT2D eigenvalue weighted by Gasteiger charge is -1.74. The summed E-state index contributed by atoms with van der Waals surface area (Å²) in [5.41, 5.74) is 0. The lowest BCUT2D eigenvalue weighted by atomic mass is 10.5. The zero-order chi connectivity index (χ0) is 10.1. The molecule has 0 spiro atoms. The summed E-state index contributed by atoms with van der Waals surface area (Å²) >= 11 is 1.96. The summed E-state index contributed by atoms with van der Waals surface area (Å²) < 4.78 is 0. The molecule has 1 aliphatic rings. The van der Waals surface area contributed by atoms with Crippen molar-refractivity contribution in [3.05, 3.63) is 12.2 Å². The highest BCUT2D eigenvalue weighted by atomic mass is 32.2. The van der Waals surface area contributed by atoms with Gasteiger partial charge in [0.15, 0.2) is 0 Å². The monoisotopic (exact) mass is 205 g/mol. The van der Waals surface area contributed by atoms with E-state index in [0.717, 1.165) is 0 Å². The van der Waals surface area contributed by atoms with Gasteiger partial charge in [-0.25, -0.2) is 9.59 Å². The van der Waals surface area contributed by atoms with Crippen molar-refractivity contribution in [2.45, 2.75) is 0 Å². The molecule has 0 aromatic carbocycles. The van der Waals surface area contributed by atoms with Crippen LogP contribution >= 0.6 is 11.8 Å². The van der Waals surface area contributed by atoms with Gasteiger partial charge in [-0.3, -0.25) is 0 Å². The Morgan fingerprint density at radius 1 is 1.23 bits per heavy atom. The normalized spacial score (nSPS) is 15.1. The Morgan fingerprint density at radius 2 is 1.77 bits per heavy atom. The largest absolute Gasteiger partial charge is 0.478 e. The van der Waals surface area contributed by atoms with Gasteiger partial charge in [-0.1, -0.05) is 0 Å². The third-order valence-corrected chi connectivity index (χ3v) is 1.90. The van der Waals surface area contributed by atoms with Crippen molar-refractivity contribution in [3.63, 3.8) is 0 Å². The molecule has 0 unspecified atom stereocenters. The van der Waals surface area contributed by atoms with Gasteiger partial charge in [-0.2, -0.15) is 0 Å². The van der Waals surface area contributed by atoms with Crippen LogP contribution in [0, 0.1) is 0 Å². The van der Waals surface area contributed by atoms with Gasteiger partial charge in [-0.15, -0.1) is 11.8 Å². The number of nitrogens with one attached hydrogen (secondary N) is 1. The van der Waals surface area contributed by atoms with Crippen molar-refractivity contribution >= 4 is 23.7 Å². The van der Waals surface area contributed by atoms with Crippen LogP contribution in [0.3, 0.4) is 0 Å². The number of aliphatic carboxylic acids is 2. The molecule has 0 amide bonds. The molecule has 1 saturated heterocycles. The second-order valence-corrected chi connectivity index (χ2v) is 3.17. The van der Waals surface area contributed by atoms with E-state index in [-0.39, 0.29) is 0 Å². The summed E-state index contributed by atoms with van der Waals surface area (Å²) in [6, 6.07) is 0. The first-order valence-corrected chi connectivity index (χ1v) is 4.71. The van der Waals surface area contributed by atoms with Gasteiger partial charge in [0.05, 0.1) is 0 Å². The molecule has 74 valence electrons. The molecule has 0 saturated carbocycles. The van der Waals surface area contributed by atoms with Crippen LogP contribution in [0.1, 0.15) is 0 Å². The molecule has 5 nitrogen and oxygen atoms in total. The average molecular weight is 205 g/mol. The zero-order valence-electron chi connectivity index (χ0n) is 6.90. The lowest BCUT2D eigenvalue weighted by molar-refractivity contribution is -0.134. The summed E-state index contributed by atoms with van der Waals surface area (Å²) in [5.74, 6) is -0.0419. The quantitative estimate of drug-likeness (QED) is 0.550. The van der Waals surface area contributed by atoms with Crippen LogP contribution in [0.2, 0.25) is 0 Å². The second-order valence-electron chi connectivity index (χ2n) is 2.06. The zero-order valence-corrected chi connectivity index (χ0v) is 7.71. The first kappa shape index (κ1) is 12.0. The molecule has 6 heteroatoms. The van der Waals surface area contributed by atoms with Crippen molar-refractivity contribution in [2.75, 3.05) is 18.2 Å². The molecule has 3 N–H and O–H groups in total. The lowest BCUT2D eigenvalue weighted by Crippen LogP contribution is -2.04. The Labute approximate surface area is 79.8 Å². The molecule has 0 aromatic rings. The summed E-state index contributed by atoms with van der Waals surface area (Å²) in [4.78, 5) is 19.1. The molecular weight excluding hydrogens is 194 g/mol. The number of carboxylic acids is 2. The van der Waals surface area contributed by atoms with Gasteiger partial charge < -0.3 is 15.5 Å². The van der Waals surface area contributed by atoms with Gasteiger partial charge in [-0.05, 0) is 0 Å². The minimum Gasteiger partial charge on any atom is -0.478 e. The first-order valence-electron chi connectivity index (χ1n) is 3.55. The van der Waals surface area contributed by atoms with E-state index in [1.807, 2.05) is 11.8 Å². The predicted molar refractivity (Wildman–Crippen MR) is 49.7 cm³/mol. The topological polar surface area (TPSA) is 86.6 Å². The maximum Gasteiger partial charge on any atom is 0.328 e. The highest BCUT2D eigenvalue weighted by Crippen LogP contribution is 1.99. The van der Waals surface area contributed by atoms with Crippen molar-refractivity contribution in [1.29, 1.82) is 0 Å². The molecule has 0 radical (unpaired) electrons. The fraction of sp³-hybridized carbons (Fsp3) is 0.429. The SMILES string of the molecule is C1CSCN1.O=C(O)C=CC(=O)O. The van der Waals surface area contributed by atoms with Crippen LogP contribution < -0.4 is 5.32 Å². The van der Waals surface area contributed by atoms with E-state index in [2.05, 4.69) is 5.32 Å². The van der Waals surface area contributed by atoms with Crippen LogP contribution in [-0.4, -0.2) is 40.3 Å². The van der Waals surface area contributed by atoms with Crippen molar-refractivity contribution in [3.8, 4) is 0 Å². The highest BCUT2D eigenvalue weighted by molar-refractivity contribution is 7.99. The highest BCUT2D eigenvalue weighted by Gasteiger charge is 1.93. The molecule has 0 bridgehead atoms. The van der Waals surface area contributed by atoms with Gasteiger partial charge in [0.2, 0.25) is 0 Å². The van der Waals surface area contributed by atoms with Gasteiger partial charge in [0.1, 0.15) is 0 Å². The Morgan fingerprint density at radius 3 is 1.92 bits per heavy atom. The van der Waals surface area contributed by atoms with Crippen LogP contribution in [0.25, 0.3) is 0 Å². The number of hydrogen-bond acceptors (Lipinski definition) is 4. The van der Waals surface area contributed by atoms with Crippen LogP contribution in [0.4, 0.5) is 0 Å². The molecular formula is C7H11NO4S. The van der Waals surface area contributed by atoms with E-state index >= 15 is 0 Å². The van der Waals surface area contributed by atoms with E-state index < -0.39 is 11.9 Å². The molecule has 1 rings (SSSR count). The van der Waals surface area contributed by atoms with E-state index in [1.165, 1.54) is 18.2 Å². The molecule has 1 heterocycles. The molecule has 13 heavy (non-hydrogen) atoms. The number of carboxylic acid groups (broad SMARTS) is 2. The fourth-order valence-corrected chi connectivity index (χ4v) is 1.23. The molecule has 1 aliphatic heterocycles. The Kier molecular flexibility index (Phi) is 7.04. The van der Waals surface area contributed by atoms with Gasteiger partial charge in [0, 0.05) is 30.3 Å². The molecule has 0 atom stereocenters.